The van der Waals surface area contributed by atoms with E-state index in [1.54, 1.807) is 23.7 Å². The average molecular weight is 190 g/mol. The molecule has 66 valence electrons. The number of nitrogens with zero attached hydrogens (tertiary/aromatic N) is 1. The van der Waals surface area contributed by atoms with Crippen molar-refractivity contribution in [3.05, 3.63) is 41.5 Å². The van der Waals surface area contributed by atoms with Crippen LogP contribution in [0, 0.1) is 0 Å². The largest absolute Gasteiger partial charge is 0.326 e. The van der Waals surface area contributed by atoms with E-state index < -0.39 is 0 Å². The SMILES string of the molecule is NCc1csc(-c2ccncc2)c1. The molecule has 0 saturated heterocycles. The molecule has 2 aromatic heterocycles. The van der Waals surface area contributed by atoms with Gasteiger partial charge in [-0.15, -0.1) is 11.3 Å². The Balaban J connectivity index is 2.36. The molecule has 0 saturated carbocycles. The molecule has 0 spiro atoms. The summed E-state index contributed by atoms with van der Waals surface area (Å²) in [5.74, 6) is 0. The molecule has 0 aliphatic rings. The van der Waals surface area contributed by atoms with Gasteiger partial charge in [0, 0.05) is 23.8 Å². The number of pyridine rings is 1. The quantitative estimate of drug-likeness (QED) is 0.789. The second-order valence-electron chi connectivity index (χ2n) is 2.76. The number of hydrogen-bond donors (Lipinski definition) is 1. The molecule has 0 unspecified atom stereocenters. The number of rotatable bonds is 2. The van der Waals surface area contributed by atoms with Gasteiger partial charge in [-0.25, -0.2) is 0 Å². The van der Waals surface area contributed by atoms with Crippen molar-refractivity contribution in [1.82, 2.24) is 4.98 Å². The van der Waals surface area contributed by atoms with Crippen molar-refractivity contribution < 1.29 is 0 Å². The lowest BCUT2D eigenvalue weighted by atomic mass is 10.2. The van der Waals surface area contributed by atoms with E-state index in [1.807, 2.05) is 12.1 Å². The Hall–Kier alpha value is -1.19. The molecule has 0 atom stereocenters. The van der Waals surface area contributed by atoms with Crippen LogP contribution in [0.5, 0.6) is 0 Å². The van der Waals surface area contributed by atoms with Crippen molar-refractivity contribution in [3.8, 4) is 10.4 Å². The Kier molecular flexibility index (Phi) is 2.38. The molecular weight excluding hydrogens is 180 g/mol. The highest BCUT2D eigenvalue weighted by molar-refractivity contribution is 7.13. The zero-order chi connectivity index (χ0) is 9.10. The molecule has 0 radical (unpaired) electrons. The first kappa shape index (κ1) is 8.41. The van der Waals surface area contributed by atoms with Crippen LogP contribution in [0.3, 0.4) is 0 Å². The van der Waals surface area contributed by atoms with E-state index in [0.717, 1.165) is 0 Å². The van der Waals surface area contributed by atoms with E-state index in [-0.39, 0.29) is 0 Å². The van der Waals surface area contributed by atoms with E-state index in [2.05, 4.69) is 16.4 Å². The maximum absolute atomic E-state index is 5.54. The molecule has 0 aliphatic carbocycles. The zero-order valence-electron chi connectivity index (χ0n) is 7.10. The summed E-state index contributed by atoms with van der Waals surface area (Å²) in [5, 5.41) is 2.09. The lowest BCUT2D eigenvalue weighted by molar-refractivity contribution is 1.08. The van der Waals surface area contributed by atoms with Gasteiger partial charge in [0.2, 0.25) is 0 Å². The van der Waals surface area contributed by atoms with Gasteiger partial charge in [0.25, 0.3) is 0 Å². The van der Waals surface area contributed by atoms with Gasteiger partial charge >= 0.3 is 0 Å². The zero-order valence-corrected chi connectivity index (χ0v) is 7.92. The fraction of sp³-hybridized carbons (Fsp3) is 0.100. The van der Waals surface area contributed by atoms with Crippen LogP contribution in [-0.4, -0.2) is 4.98 Å². The molecule has 2 aromatic rings. The highest BCUT2D eigenvalue weighted by Gasteiger charge is 2.00. The highest BCUT2D eigenvalue weighted by Crippen LogP contribution is 2.26. The Labute approximate surface area is 81.1 Å². The minimum absolute atomic E-state index is 0.613. The van der Waals surface area contributed by atoms with Gasteiger partial charge in [-0.2, -0.15) is 0 Å². The van der Waals surface area contributed by atoms with Crippen molar-refractivity contribution in [2.75, 3.05) is 0 Å². The van der Waals surface area contributed by atoms with Crippen LogP contribution in [0.1, 0.15) is 5.56 Å². The van der Waals surface area contributed by atoms with Gasteiger partial charge in [0.1, 0.15) is 0 Å². The fourth-order valence-corrected chi connectivity index (χ4v) is 2.08. The van der Waals surface area contributed by atoms with Gasteiger partial charge in [0.05, 0.1) is 0 Å². The van der Waals surface area contributed by atoms with E-state index in [4.69, 9.17) is 5.73 Å². The third kappa shape index (κ3) is 1.76. The first-order chi connectivity index (χ1) is 6.40. The molecule has 0 aliphatic heterocycles. The summed E-state index contributed by atoms with van der Waals surface area (Å²) in [6, 6.07) is 6.14. The minimum atomic E-state index is 0.613. The molecule has 2 N–H and O–H groups in total. The van der Waals surface area contributed by atoms with E-state index in [0.29, 0.717) is 6.54 Å². The van der Waals surface area contributed by atoms with Gasteiger partial charge in [0.15, 0.2) is 0 Å². The maximum Gasteiger partial charge on any atom is 0.0347 e. The summed E-state index contributed by atoms with van der Waals surface area (Å²) in [5.41, 5.74) is 7.94. The molecule has 0 bridgehead atoms. The predicted octanol–water partition coefficient (Wildman–Crippen LogP) is 2.27. The lowest BCUT2D eigenvalue weighted by Crippen LogP contribution is -1.92. The van der Waals surface area contributed by atoms with Crippen LogP contribution in [0.25, 0.3) is 10.4 Å². The van der Waals surface area contributed by atoms with Crippen molar-refractivity contribution >= 4 is 11.3 Å². The molecule has 0 amide bonds. The highest BCUT2D eigenvalue weighted by atomic mass is 32.1. The smallest absolute Gasteiger partial charge is 0.0347 e. The molecule has 2 rings (SSSR count). The Morgan fingerprint density at radius 3 is 2.69 bits per heavy atom. The number of aromatic nitrogens is 1. The number of nitrogens with two attached hydrogens (primary N) is 1. The molecule has 0 aromatic carbocycles. The summed E-state index contributed by atoms with van der Waals surface area (Å²) in [6.45, 7) is 0.613. The fourth-order valence-electron chi connectivity index (χ4n) is 1.15. The summed E-state index contributed by atoms with van der Waals surface area (Å²) < 4.78 is 0. The summed E-state index contributed by atoms with van der Waals surface area (Å²) in [7, 11) is 0. The van der Waals surface area contributed by atoms with Crippen LogP contribution in [0.15, 0.2) is 36.0 Å². The van der Waals surface area contributed by atoms with Gasteiger partial charge in [-0.1, -0.05) is 0 Å². The van der Waals surface area contributed by atoms with Crippen molar-refractivity contribution in [3.63, 3.8) is 0 Å². The first-order valence-electron chi connectivity index (χ1n) is 4.08. The van der Waals surface area contributed by atoms with Gasteiger partial charge in [-0.3, -0.25) is 4.98 Å². The third-order valence-corrected chi connectivity index (χ3v) is 2.88. The third-order valence-electron chi connectivity index (χ3n) is 1.85. The van der Waals surface area contributed by atoms with Crippen molar-refractivity contribution in [2.24, 2.45) is 5.73 Å². The molecular formula is C10H10N2S. The predicted molar refractivity (Wildman–Crippen MR) is 55.4 cm³/mol. The first-order valence-corrected chi connectivity index (χ1v) is 4.96. The summed E-state index contributed by atoms with van der Waals surface area (Å²) in [6.07, 6.45) is 3.61. The average Bonchev–Trinajstić information content (AvgIpc) is 2.67. The molecule has 0 fully saturated rings. The lowest BCUT2D eigenvalue weighted by Gasteiger charge is -1.93. The van der Waals surface area contributed by atoms with Crippen LogP contribution >= 0.6 is 11.3 Å². The van der Waals surface area contributed by atoms with Crippen LogP contribution in [-0.2, 0) is 6.54 Å². The van der Waals surface area contributed by atoms with E-state index in [9.17, 15) is 0 Å². The Bertz CT molecular complexity index is 381. The second kappa shape index (κ2) is 3.68. The topological polar surface area (TPSA) is 38.9 Å². The van der Waals surface area contributed by atoms with E-state index in [1.165, 1.54) is 16.0 Å². The maximum atomic E-state index is 5.54. The molecule has 13 heavy (non-hydrogen) atoms. The Morgan fingerprint density at radius 2 is 2.08 bits per heavy atom. The number of hydrogen-bond acceptors (Lipinski definition) is 3. The molecule has 3 heteroatoms. The monoisotopic (exact) mass is 190 g/mol. The van der Waals surface area contributed by atoms with Crippen molar-refractivity contribution in [1.29, 1.82) is 0 Å². The molecule has 2 nitrogen and oxygen atoms in total. The van der Waals surface area contributed by atoms with Crippen molar-refractivity contribution in [2.45, 2.75) is 6.54 Å². The van der Waals surface area contributed by atoms with Crippen LogP contribution < -0.4 is 5.73 Å². The van der Waals surface area contributed by atoms with Gasteiger partial charge < -0.3 is 5.73 Å². The normalized spacial score (nSPS) is 10.2. The van der Waals surface area contributed by atoms with Gasteiger partial charge in [-0.05, 0) is 34.7 Å². The van der Waals surface area contributed by atoms with E-state index >= 15 is 0 Å². The van der Waals surface area contributed by atoms with Crippen LogP contribution in [0.2, 0.25) is 0 Å². The number of thiophene rings is 1. The second-order valence-corrected chi connectivity index (χ2v) is 3.67. The summed E-state index contributed by atoms with van der Waals surface area (Å²) in [4.78, 5) is 5.23. The van der Waals surface area contributed by atoms with Crippen LogP contribution in [0.4, 0.5) is 0 Å². The summed E-state index contributed by atoms with van der Waals surface area (Å²) >= 11 is 1.72. The molecule has 2 heterocycles. The Morgan fingerprint density at radius 1 is 1.31 bits per heavy atom. The standard InChI is InChI=1S/C10H10N2S/c11-6-8-5-10(13-7-8)9-1-3-12-4-2-9/h1-5,7H,6,11H2. The minimum Gasteiger partial charge on any atom is -0.326 e.